The van der Waals surface area contributed by atoms with Crippen LogP contribution >= 0.6 is 0 Å². The maximum atomic E-state index is 10.8. The Morgan fingerprint density at radius 1 is 1.31 bits per heavy atom. The summed E-state index contributed by atoms with van der Waals surface area (Å²) in [7, 11) is 0. The van der Waals surface area contributed by atoms with Crippen molar-refractivity contribution in [3.8, 4) is 0 Å². The van der Waals surface area contributed by atoms with E-state index in [1.165, 1.54) is 12.3 Å². The minimum absolute atomic E-state index is 0.271. The maximum Gasteiger partial charge on any atom is 0.482 e. The van der Waals surface area contributed by atoms with E-state index in [1.54, 1.807) is 12.1 Å². The summed E-state index contributed by atoms with van der Waals surface area (Å²) in [6.07, 6.45) is 3.58. The standard InChI is InChI=1S/C9H7N3O4/c13-11(14)9(12(15)16)4-3-8-7(6-9)2-1-5-10-8/h1-5H,6H2. The van der Waals surface area contributed by atoms with Crippen LogP contribution in [0.2, 0.25) is 0 Å². The van der Waals surface area contributed by atoms with Gasteiger partial charge in [0.25, 0.3) is 0 Å². The maximum absolute atomic E-state index is 10.8. The molecule has 1 heterocycles. The van der Waals surface area contributed by atoms with Gasteiger partial charge in [0.15, 0.2) is 0 Å². The molecule has 1 aromatic rings. The molecule has 82 valence electrons. The molecule has 1 aliphatic rings. The predicted molar refractivity (Wildman–Crippen MR) is 53.7 cm³/mol. The molecular formula is C9H7N3O4. The largest absolute Gasteiger partial charge is 0.482 e. The molecule has 7 heteroatoms. The van der Waals surface area contributed by atoms with Crippen LogP contribution < -0.4 is 0 Å². The van der Waals surface area contributed by atoms with Gasteiger partial charge >= 0.3 is 5.66 Å². The minimum atomic E-state index is -2.25. The first-order valence-corrected chi connectivity index (χ1v) is 4.48. The van der Waals surface area contributed by atoms with Gasteiger partial charge < -0.3 is 0 Å². The normalized spacial score (nSPS) is 16.5. The SMILES string of the molecule is O=[N+]([O-])C1([N+](=O)[O-])C=Cc2ncccc2C1. The third kappa shape index (κ3) is 1.33. The van der Waals surface area contributed by atoms with Gasteiger partial charge in [-0.3, -0.25) is 25.2 Å². The van der Waals surface area contributed by atoms with Crippen molar-refractivity contribution in [3.05, 3.63) is 55.9 Å². The van der Waals surface area contributed by atoms with Gasteiger partial charge in [0, 0.05) is 6.20 Å². The van der Waals surface area contributed by atoms with Crippen molar-refractivity contribution in [1.29, 1.82) is 0 Å². The molecule has 0 saturated heterocycles. The fourth-order valence-corrected chi connectivity index (χ4v) is 1.62. The van der Waals surface area contributed by atoms with Gasteiger partial charge in [-0.25, -0.2) is 0 Å². The topological polar surface area (TPSA) is 99.2 Å². The van der Waals surface area contributed by atoms with Crippen molar-refractivity contribution < 1.29 is 9.85 Å². The molecule has 1 aliphatic carbocycles. The highest BCUT2D eigenvalue weighted by Gasteiger charge is 2.55. The van der Waals surface area contributed by atoms with Crippen LogP contribution in [0.1, 0.15) is 11.3 Å². The molecule has 0 bridgehead atoms. The molecule has 0 N–H and O–H groups in total. The van der Waals surface area contributed by atoms with Gasteiger partial charge in [0.2, 0.25) is 0 Å². The van der Waals surface area contributed by atoms with Gasteiger partial charge in [0.1, 0.15) is 16.3 Å². The number of pyridine rings is 1. The lowest BCUT2D eigenvalue weighted by molar-refractivity contribution is -0.780. The summed E-state index contributed by atoms with van der Waals surface area (Å²) in [5, 5.41) is 21.6. The molecule has 0 aliphatic heterocycles. The molecule has 0 spiro atoms. The molecule has 1 aromatic heterocycles. The summed E-state index contributed by atoms with van der Waals surface area (Å²) >= 11 is 0. The van der Waals surface area contributed by atoms with Crippen LogP contribution in [0.25, 0.3) is 6.08 Å². The number of hydrogen-bond donors (Lipinski definition) is 0. The Morgan fingerprint density at radius 2 is 2.00 bits per heavy atom. The fourth-order valence-electron chi connectivity index (χ4n) is 1.62. The molecule has 2 rings (SSSR count). The number of nitro groups is 2. The Labute approximate surface area is 89.7 Å². The van der Waals surface area contributed by atoms with E-state index in [1.807, 2.05) is 0 Å². The van der Waals surface area contributed by atoms with Crippen molar-refractivity contribution in [1.82, 2.24) is 4.98 Å². The molecule has 0 amide bonds. The zero-order valence-corrected chi connectivity index (χ0v) is 8.07. The van der Waals surface area contributed by atoms with Crippen molar-refractivity contribution in [2.75, 3.05) is 0 Å². The summed E-state index contributed by atoms with van der Waals surface area (Å²) in [6.45, 7) is 0. The molecule has 0 saturated carbocycles. The Balaban J connectivity index is 2.51. The number of nitrogens with zero attached hydrogens (tertiary/aromatic N) is 3. The molecular weight excluding hydrogens is 214 g/mol. The average molecular weight is 221 g/mol. The highest BCUT2D eigenvalue weighted by Crippen LogP contribution is 2.27. The van der Waals surface area contributed by atoms with Crippen molar-refractivity contribution >= 4 is 6.08 Å². The van der Waals surface area contributed by atoms with Crippen LogP contribution in [0.4, 0.5) is 0 Å². The monoisotopic (exact) mass is 221 g/mol. The highest BCUT2D eigenvalue weighted by molar-refractivity contribution is 5.53. The second kappa shape index (κ2) is 3.37. The molecule has 0 atom stereocenters. The Kier molecular flexibility index (Phi) is 2.15. The van der Waals surface area contributed by atoms with Crippen LogP contribution in [0, 0.1) is 20.2 Å². The van der Waals surface area contributed by atoms with Crippen molar-refractivity contribution in [3.63, 3.8) is 0 Å². The molecule has 16 heavy (non-hydrogen) atoms. The lowest BCUT2D eigenvalue weighted by Crippen LogP contribution is -2.47. The zero-order valence-electron chi connectivity index (χ0n) is 8.07. The van der Waals surface area contributed by atoms with Gasteiger partial charge in [-0.1, -0.05) is 6.07 Å². The van der Waals surface area contributed by atoms with Gasteiger partial charge in [-0.2, -0.15) is 0 Å². The van der Waals surface area contributed by atoms with Gasteiger partial charge in [-0.05, 0) is 17.7 Å². The summed E-state index contributed by atoms with van der Waals surface area (Å²) in [6, 6.07) is 3.20. The van der Waals surface area contributed by atoms with E-state index >= 15 is 0 Å². The first-order chi connectivity index (χ1) is 7.56. The van der Waals surface area contributed by atoms with E-state index in [4.69, 9.17) is 0 Å². The number of fused-ring (bicyclic) bond motifs is 1. The van der Waals surface area contributed by atoms with Crippen LogP contribution in [-0.4, -0.2) is 20.5 Å². The third-order valence-electron chi connectivity index (χ3n) is 2.52. The second-order valence-electron chi connectivity index (χ2n) is 3.45. The fraction of sp³-hybridized carbons (Fsp3) is 0.222. The van der Waals surface area contributed by atoms with Crippen LogP contribution in [0.5, 0.6) is 0 Å². The summed E-state index contributed by atoms with van der Waals surface area (Å²) in [5.74, 6) is 0. The van der Waals surface area contributed by atoms with Crippen LogP contribution in [0.3, 0.4) is 0 Å². The Hall–Kier alpha value is -2.31. The summed E-state index contributed by atoms with van der Waals surface area (Å²) in [4.78, 5) is 23.9. The van der Waals surface area contributed by atoms with Gasteiger partial charge in [-0.15, -0.1) is 0 Å². The van der Waals surface area contributed by atoms with E-state index in [9.17, 15) is 20.2 Å². The first-order valence-electron chi connectivity index (χ1n) is 4.48. The van der Waals surface area contributed by atoms with Crippen molar-refractivity contribution in [2.45, 2.75) is 12.1 Å². The summed E-state index contributed by atoms with van der Waals surface area (Å²) in [5.41, 5.74) is -1.20. The number of rotatable bonds is 2. The van der Waals surface area contributed by atoms with Crippen LogP contribution in [0.15, 0.2) is 24.4 Å². The molecule has 7 nitrogen and oxygen atoms in total. The predicted octanol–water partition coefficient (Wildman–Crippen LogP) is 0.901. The second-order valence-corrected chi connectivity index (χ2v) is 3.45. The van der Waals surface area contributed by atoms with Gasteiger partial charge in [0.05, 0.1) is 11.8 Å². The van der Waals surface area contributed by atoms with Crippen molar-refractivity contribution in [2.24, 2.45) is 0 Å². The lowest BCUT2D eigenvalue weighted by atomic mass is 9.93. The third-order valence-corrected chi connectivity index (χ3v) is 2.52. The van der Waals surface area contributed by atoms with E-state index in [0.29, 0.717) is 11.3 Å². The van der Waals surface area contributed by atoms with Crippen LogP contribution in [-0.2, 0) is 6.42 Å². The number of aromatic nitrogens is 1. The molecule has 0 unspecified atom stereocenters. The smallest absolute Gasteiger partial charge is 0.258 e. The summed E-state index contributed by atoms with van der Waals surface area (Å²) < 4.78 is 0. The Bertz CT molecular complexity index is 483. The average Bonchev–Trinajstić information content (AvgIpc) is 2.27. The van der Waals surface area contributed by atoms with E-state index < -0.39 is 15.5 Å². The number of hydrogen-bond acceptors (Lipinski definition) is 5. The molecule has 0 fully saturated rings. The van der Waals surface area contributed by atoms with E-state index in [0.717, 1.165) is 6.08 Å². The van der Waals surface area contributed by atoms with E-state index in [-0.39, 0.29) is 6.42 Å². The molecule has 0 radical (unpaired) electrons. The zero-order chi connectivity index (χ0) is 11.8. The van der Waals surface area contributed by atoms with E-state index in [2.05, 4.69) is 4.98 Å². The molecule has 0 aromatic carbocycles. The first kappa shape index (κ1) is 10.2. The minimum Gasteiger partial charge on any atom is -0.258 e. The quantitative estimate of drug-likeness (QED) is 0.419. The Morgan fingerprint density at radius 3 is 2.62 bits per heavy atom. The highest BCUT2D eigenvalue weighted by atomic mass is 16.7. The lowest BCUT2D eigenvalue weighted by Gasteiger charge is -2.17.